The topological polar surface area (TPSA) is 73.8 Å². The molecular weight excluding hydrogens is 587 g/mol. The average molecular weight is 614 g/mol. The van der Waals surface area contributed by atoms with Crippen LogP contribution in [0.3, 0.4) is 0 Å². The number of thioether (sulfide) groups is 1. The molecule has 2 aromatic carbocycles. The number of halogens is 2. The van der Waals surface area contributed by atoms with Crippen molar-refractivity contribution in [3.63, 3.8) is 0 Å². The zero-order valence-electron chi connectivity index (χ0n) is 22.2. The van der Waals surface area contributed by atoms with Crippen LogP contribution in [0.2, 0.25) is 10.0 Å². The van der Waals surface area contributed by atoms with Crippen molar-refractivity contribution >= 4 is 58.3 Å². The molecule has 1 aliphatic heterocycles. The first kappa shape index (κ1) is 28.5. The van der Waals surface area contributed by atoms with Gasteiger partial charge in [0.25, 0.3) is 5.56 Å². The molecule has 10 heteroatoms. The summed E-state index contributed by atoms with van der Waals surface area (Å²) in [7, 11) is 0. The summed E-state index contributed by atoms with van der Waals surface area (Å²) in [4.78, 5) is 33.4. The highest BCUT2D eigenvalue weighted by atomic mass is 35.5. The van der Waals surface area contributed by atoms with Crippen LogP contribution in [0.5, 0.6) is 0 Å². The number of rotatable bonds is 7. The van der Waals surface area contributed by atoms with E-state index in [1.807, 2.05) is 56.5 Å². The highest BCUT2D eigenvalue weighted by Gasteiger charge is 2.33. The van der Waals surface area contributed by atoms with Gasteiger partial charge in [0.15, 0.2) is 4.80 Å². The van der Waals surface area contributed by atoms with Crippen LogP contribution in [0.1, 0.15) is 38.1 Å². The van der Waals surface area contributed by atoms with Crippen LogP contribution in [0, 0.1) is 5.92 Å². The molecule has 5 rings (SSSR count). The maximum Gasteiger partial charge on any atom is 0.338 e. The minimum atomic E-state index is -0.669. The fraction of sp³-hybridized carbons (Fsp3) is 0.233. The third-order valence-electron chi connectivity index (χ3n) is 6.33. The molecule has 0 aliphatic carbocycles. The Balaban J connectivity index is 1.60. The van der Waals surface area contributed by atoms with Gasteiger partial charge in [-0.2, -0.15) is 0 Å². The molecule has 40 heavy (non-hydrogen) atoms. The molecule has 206 valence electrons. The molecule has 0 saturated heterocycles. The molecule has 0 N–H and O–H groups in total. The van der Waals surface area contributed by atoms with Gasteiger partial charge >= 0.3 is 5.97 Å². The predicted molar refractivity (Wildman–Crippen MR) is 162 cm³/mol. The molecule has 3 heterocycles. The quantitative estimate of drug-likeness (QED) is 0.171. The van der Waals surface area contributed by atoms with E-state index in [4.69, 9.17) is 32.4 Å². The highest BCUT2D eigenvalue weighted by Crippen LogP contribution is 2.32. The Morgan fingerprint density at radius 2 is 1.90 bits per heavy atom. The molecule has 0 saturated carbocycles. The van der Waals surface area contributed by atoms with E-state index in [-0.39, 0.29) is 18.1 Å². The number of thiazole rings is 1. The van der Waals surface area contributed by atoms with Crippen LogP contribution < -0.4 is 14.9 Å². The molecule has 1 unspecified atom stereocenters. The number of furan rings is 1. The number of benzene rings is 2. The molecule has 0 bridgehead atoms. The normalized spacial score (nSPS) is 15.4. The van der Waals surface area contributed by atoms with Crippen LogP contribution in [-0.2, 0) is 9.53 Å². The van der Waals surface area contributed by atoms with Gasteiger partial charge in [-0.15, -0.1) is 11.8 Å². The van der Waals surface area contributed by atoms with E-state index >= 15 is 0 Å². The molecule has 4 aromatic rings. The van der Waals surface area contributed by atoms with Gasteiger partial charge in [-0.1, -0.05) is 60.5 Å². The Bertz CT molecular complexity index is 1800. The Kier molecular flexibility index (Phi) is 8.42. The van der Waals surface area contributed by atoms with Crippen molar-refractivity contribution in [2.75, 3.05) is 12.9 Å². The number of hydrogen-bond acceptors (Lipinski definition) is 7. The van der Waals surface area contributed by atoms with Crippen LogP contribution in [-0.4, -0.2) is 23.4 Å². The first-order valence-corrected chi connectivity index (χ1v) is 15.3. The number of hydrogen-bond donors (Lipinski definition) is 0. The molecule has 6 nitrogen and oxygen atoms in total. The molecule has 0 spiro atoms. The minimum Gasteiger partial charge on any atom is -0.462 e. The van der Waals surface area contributed by atoms with Crippen LogP contribution >= 0.6 is 46.3 Å². The summed E-state index contributed by atoms with van der Waals surface area (Å²) in [6, 6.07) is 16.0. The lowest BCUT2D eigenvalue weighted by atomic mass is 9.96. The van der Waals surface area contributed by atoms with Crippen LogP contribution in [0.4, 0.5) is 0 Å². The Hall–Kier alpha value is -3.04. The standard InChI is InChI=1S/C30H26Cl2N2O4S2/c1-16(2)15-37-29(36)26-17(3)33-30-34(27(26)18-5-9-21(39-4)10-6-18)28(35)25(40-30)14-20-8-12-24(38-20)19-7-11-22(31)23(32)13-19/h5-14,16,27H,15H2,1-4H3. The number of nitrogens with zero attached hydrogens (tertiary/aromatic N) is 2. The Morgan fingerprint density at radius 1 is 1.15 bits per heavy atom. The predicted octanol–water partition coefficient (Wildman–Crippen LogP) is 6.72. The van der Waals surface area contributed by atoms with E-state index in [0.29, 0.717) is 42.2 Å². The van der Waals surface area contributed by atoms with Crippen LogP contribution in [0.25, 0.3) is 17.4 Å². The van der Waals surface area contributed by atoms with Gasteiger partial charge in [-0.25, -0.2) is 9.79 Å². The second kappa shape index (κ2) is 11.8. The molecule has 2 aromatic heterocycles. The van der Waals surface area contributed by atoms with E-state index in [9.17, 15) is 9.59 Å². The number of allylic oxidation sites excluding steroid dienone is 1. The van der Waals surface area contributed by atoms with Gasteiger partial charge in [0.1, 0.15) is 11.5 Å². The number of esters is 1. The SMILES string of the molecule is CSc1ccc(C2C(C(=O)OCC(C)C)=C(C)N=c3sc(=Cc4ccc(-c5ccc(Cl)c(Cl)c5)o4)c(=O)n32)cc1. The van der Waals surface area contributed by atoms with Crippen molar-refractivity contribution in [2.24, 2.45) is 10.9 Å². The summed E-state index contributed by atoms with van der Waals surface area (Å²) in [5, 5.41) is 0.882. The third kappa shape index (κ3) is 5.72. The average Bonchev–Trinajstić information content (AvgIpc) is 3.52. The Morgan fingerprint density at radius 3 is 2.58 bits per heavy atom. The van der Waals surface area contributed by atoms with E-state index in [2.05, 4.69) is 4.99 Å². The zero-order chi connectivity index (χ0) is 28.6. The summed E-state index contributed by atoms with van der Waals surface area (Å²) in [5.74, 6) is 0.794. The van der Waals surface area contributed by atoms with Gasteiger partial charge in [0, 0.05) is 16.5 Å². The van der Waals surface area contributed by atoms with E-state index in [0.717, 1.165) is 16.0 Å². The van der Waals surface area contributed by atoms with Gasteiger partial charge in [0.05, 0.1) is 38.5 Å². The first-order valence-electron chi connectivity index (χ1n) is 12.5. The van der Waals surface area contributed by atoms with Crippen molar-refractivity contribution in [1.29, 1.82) is 0 Å². The molecule has 0 radical (unpaired) electrons. The summed E-state index contributed by atoms with van der Waals surface area (Å²) in [6.45, 7) is 6.01. The first-order chi connectivity index (χ1) is 19.2. The fourth-order valence-corrected chi connectivity index (χ4v) is 6.10. The molecule has 0 amide bonds. The highest BCUT2D eigenvalue weighted by molar-refractivity contribution is 7.98. The summed E-state index contributed by atoms with van der Waals surface area (Å²) >= 11 is 15.1. The van der Waals surface area contributed by atoms with E-state index in [1.54, 1.807) is 47.5 Å². The minimum absolute atomic E-state index is 0.174. The summed E-state index contributed by atoms with van der Waals surface area (Å²) in [5.41, 5.74) is 2.19. The van der Waals surface area contributed by atoms with Crippen molar-refractivity contribution < 1.29 is 13.9 Å². The van der Waals surface area contributed by atoms with Crippen molar-refractivity contribution in [3.05, 3.63) is 107 Å². The lowest BCUT2D eigenvalue weighted by Gasteiger charge is -2.25. The number of carbonyl (C=O) groups excluding carboxylic acids is 1. The van der Waals surface area contributed by atoms with Crippen LogP contribution in [0.15, 0.2) is 85.0 Å². The number of fused-ring (bicyclic) bond motifs is 1. The molecule has 1 aliphatic rings. The summed E-state index contributed by atoms with van der Waals surface area (Å²) < 4.78 is 13.6. The molecule has 1 atom stereocenters. The monoisotopic (exact) mass is 612 g/mol. The molecule has 0 fully saturated rings. The maximum absolute atomic E-state index is 13.9. The lowest BCUT2D eigenvalue weighted by molar-refractivity contribution is -0.140. The third-order valence-corrected chi connectivity index (χ3v) is 8.79. The van der Waals surface area contributed by atoms with Gasteiger partial charge in [0.2, 0.25) is 0 Å². The largest absolute Gasteiger partial charge is 0.462 e. The second-order valence-corrected chi connectivity index (χ2v) is 12.4. The van der Waals surface area contributed by atoms with E-state index < -0.39 is 12.0 Å². The second-order valence-electron chi connectivity index (χ2n) is 9.68. The number of carbonyl (C=O) groups is 1. The Labute approximate surface area is 249 Å². The maximum atomic E-state index is 13.9. The fourth-order valence-electron chi connectivity index (χ4n) is 4.37. The van der Waals surface area contributed by atoms with Gasteiger partial charge < -0.3 is 9.15 Å². The van der Waals surface area contributed by atoms with Crippen molar-refractivity contribution in [2.45, 2.75) is 31.7 Å². The molecular formula is C30H26Cl2N2O4S2. The van der Waals surface area contributed by atoms with Crippen molar-refractivity contribution in [1.82, 2.24) is 4.57 Å². The van der Waals surface area contributed by atoms with Crippen molar-refractivity contribution in [3.8, 4) is 11.3 Å². The number of ether oxygens (including phenoxy) is 1. The van der Waals surface area contributed by atoms with Gasteiger partial charge in [-0.3, -0.25) is 9.36 Å². The number of aromatic nitrogens is 1. The summed E-state index contributed by atoms with van der Waals surface area (Å²) in [6.07, 6.45) is 3.69. The lowest BCUT2D eigenvalue weighted by Crippen LogP contribution is -2.40. The smallest absolute Gasteiger partial charge is 0.338 e. The zero-order valence-corrected chi connectivity index (χ0v) is 25.4. The van der Waals surface area contributed by atoms with Gasteiger partial charge in [-0.05, 0) is 67.1 Å². The van der Waals surface area contributed by atoms with E-state index in [1.165, 1.54) is 11.3 Å².